The van der Waals surface area contributed by atoms with Gasteiger partial charge < -0.3 is 15.2 Å². The van der Waals surface area contributed by atoms with Gasteiger partial charge in [-0.3, -0.25) is 4.79 Å². The van der Waals surface area contributed by atoms with Gasteiger partial charge in [0.2, 0.25) is 0 Å². The number of carboxylic acid groups (broad SMARTS) is 1. The summed E-state index contributed by atoms with van der Waals surface area (Å²) in [6.07, 6.45) is 4.59. The van der Waals surface area contributed by atoms with E-state index in [-0.39, 0.29) is 23.5 Å². The molecular weight excluding hydrogens is 284 g/mol. The number of pyridine rings is 1. The molecular formula is C16H20N2O4. The average molecular weight is 304 g/mol. The number of hydrogen-bond donors (Lipinski definition) is 2. The van der Waals surface area contributed by atoms with Crippen LogP contribution in [0, 0.1) is 5.92 Å². The zero-order valence-electron chi connectivity index (χ0n) is 12.5. The van der Waals surface area contributed by atoms with Crippen LogP contribution in [0.3, 0.4) is 0 Å². The van der Waals surface area contributed by atoms with Crippen LogP contribution in [0.2, 0.25) is 0 Å². The van der Waals surface area contributed by atoms with E-state index < -0.39 is 5.97 Å². The van der Waals surface area contributed by atoms with Crippen LogP contribution in [0.4, 0.5) is 5.82 Å². The molecule has 1 aromatic heterocycles. The minimum atomic E-state index is -1.02. The number of carbonyl (C=O) groups excluding carboxylic acids is 1. The number of carbonyl (C=O) groups is 2. The highest BCUT2D eigenvalue weighted by Gasteiger charge is 2.27. The van der Waals surface area contributed by atoms with Crippen LogP contribution < -0.4 is 5.32 Å². The van der Waals surface area contributed by atoms with Crippen molar-refractivity contribution in [3.63, 3.8) is 0 Å². The minimum Gasteiger partial charge on any atom is -0.478 e. The van der Waals surface area contributed by atoms with Crippen molar-refractivity contribution in [2.45, 2.75) is 31.7 Å². The standard InChI is InChI=1S/C16H20N2O4/c1-3-11-8-9-13(15(19)20)14(17-11)18-12-6-4-10(5-7-12)16(21)22-2/h3,8-10,12H,1,4-7H2,2H3,(H,17,18)(H,19,20). The van der Waals surface area contributed by atoms with E-state index >= 15 is 0 Å². The number of esters is 1. The number of anilines is 1. The molecule has 0 amide bonds. The molecule has 1 heterocycles. The molecule has 0 aliphatic heterocycles. The maximum atomic E-state index is 11.5. The normalized spacial score (nSPS) is 21.0. The first-order valence-corrected chi connectivity index (χ1v) is 7.26. The Morgan fingerprint density at radius 2 is 2.05 bits per heavy atom. The zero-order valence-corrected chi connectivity index (χ0v) is 12.5. The van der Waals surface area contributed by atoms with Crippen LogP contribution in [0.1, 0.15) is 41.7 Å². The van der Waals surface area contributed by atoms with Gasteiger partial charge in [-0.15, -0.1) is 0 Å². The van der Waals surface area contributed by atoms with E-state index in [0.29, 0.717) is 11.5 Å². The molecule has 0 spiro atoms. The number of ether oxygens (including phenoxy) is 1. The fourth-order valence-electron chi connectivity index (χ4n) is 2.70. The van der Waals surface area contributed by atoms with Crippen molar-refractivity contribution in [2.75, 3.05) is 12.4 Å². The summed E-state index contributed by atoms with van der Waals surface area (Å²) in [6, 6.07) is 3.25. The Morgan fingerprint density at radius 1 is 1.36 bits per heavy atom. The zero-order chi connectivity index (χ0) is 16.1. The van der Waals surface area contributed by atoms with Crippen molar-refractivity contribution in [3.05, 3.63) is 30.0 Å². The highest BCUT2D eigenvalue weighted by molar-refractivity contribution is 5.93. The largest absolute Gasteiger partial charge is 0.478 e. The van der Waals surface area contributed by atoms with Crippen LogP contribution in [0.25, 0.3) is 6.08 Å². The second-order valence-corrected chi connectivity index (χ2v) is 5.36. The van der Waals surface area contributed by atoms with E-state index in [1.807, 2.05) is 0 Å². The maximum absolute atomic E-state index is 11.5. The van der Waals surface area contributed by atoms with Crippen molar-refractivity contribution >= 4 is 23.8 Å². The number of aromatic carboxylic acids is 1. The summed E-state index contributed by atoms with van der Waals surface area (Å²) in [4.78, 5) is 27.1. The third-order valence-corrected chi connectivity index (χ3v) is 3.96. The average Bonchev–Trinajstić information content (AvgIpc) is 2.54. The third kappa shape index (κ3) is 3.63. The molecule has 0 saturated heterocycles. The summed E-state index contributed by atoms with van der Waals surface area (Å²) in [6.45, 7) is 3.64. The Hall–Kier alpha value is -2.37. The number of carboxylic acids is 1. The van der Waals surface area contributed by atoms with Crippen molar-refractivity contribution in [1.82, 2.24) is 4.98 Å². The maximum Gasteiger partial charge on any atom is 0.339 e. The van der Waals surface area contributed by atoms with Gasteiger partial charge in [-0.1, -0.05) is 6.58 Å². The van der Waals surface area contributed by atoms with Gasteiger partial charge in [0.25, 0.3) is 0 Å². The van der Waals surface area contributed by atoms with Crippen molar-refractivity contribution in [2.24, 2.45) is 5.92 Å². The molecule has 22 heavy (non-hydrogen) atoms. The minimum absolute atomic E-state index is 0.0607. The molecule has 0 aromatic carbocycles. The molecule has 1 aliphatic carbocycles. The van der Waals surface area contributed by atoms with Crippen LogP contribution in [-0.4, -0.2) is 35.2 Å². The van der Waals surface area contributed by atoms with Gasteiger partial charge in [-0.25, -0.2) is 9.78 Å². The predicted molar refractivity (Wildman–Crippen MR) is 82.7 cm³/mol. The number of nitrogens with one attached hydrogen (secondary N) is 1. The monoisotopic (exact) mass is 304 g/mol. The first-order valence-electron chi connectivity index (χ1n) is 7.26. The Labute approximate surface area is 129 Å². The molecule has 0 atom stereocenters. The first-order chi connectivity index (χ1) is 10.5. The van der Waals surface area contributed by atoms with Crippen LogP contribution in [0.5, 0.6) is 0 Å². The molecule has 2 rings (SSSR count). The van der Waals surface area contributed by atoms with Gasteiger partial charge in [0.15, 0.2) is 0 Å². The molecule has 1 aliphatic rings. The molecule has 1 fully saturated rings. The van der Waals surface area contributed by atoms with Gasteiger partial charge >= 0.3 is 11.9 Å². The Balaban J connectivity index is 2.06. The van der Waals surface area contributed by atoms with Crippen molar-refractivity contribution in [1.29, 1.82) is 0 Å². The van der Waals surface area contributed by atoms with Crippen molar-refractivity contribution < 1.29 is 19.4 Å². The summed E-state index contributed by atoms with van der Waals surface area (Å²) in [5, 5.41) is 12.4. The first kappa shape index (κ1) is 16.0. The summed E-state index contributed by atoms with van der Waals surface area (Å²) in [5.41, 5.74) is 0.761. The predicted octanol–water partition coefficient (Wildman–Crippen LogP) is 2.57. The molecule has 1 aromatic rings. The Morgan fingerprint density at radius 3 is 2.59 bits per heavy atom. The third-order valence-electron chi connectivity index (χ3n) is 3.96. The Kier molecular flexibility index (Phi) is 5.14. The van der Waals surface area contributed by atoms with Gasteiger partial charge in [0, 0.05) is 6.04 Å². The highest BCUT2D eigenvalue weighted by Crippen LogP contribution is 2.28. The quantitative estimate of drug-likeness (QED) is 0.813. The molecule has 6 heteroatoms. The van der Waals surface area contributed by atoms with Gasteiger partial charge in [0.05, 0.1) is 18.7 Å². The summed E-state index contributed by atoms with van der Waals surface area (Å²) < 4.78 is 4.76. The Bertz CT molecular complexity index is 578. The number of hydrogen-bond acceptors (Lipinski definition) is 5. The van der Waals surface area contributed by atoms with E-state index in [1.54, 1.807) is 12.1 Å². The second kappa shape index (κ2) is 7.06. The number of methoxy groups -OCH3 is 1. The summed E-state index contributed by atoms with van der Waals surface area (Å²) in [7, 11) is 1.40. The lowest BCUT2D eigenvalue weighted by molar-refractivity contribution is -0.146. The molecule has 6 nitrogen and oxygen atoms in total. The van der Waals surface area contributed by atoms with Gasteiger partial charge in [0.1, 0.15) is 11.4 Å². The number of rotatable bonds is 5. The molecule has 1 saturated carbocycles. The van der Waals surface area contributed by atoms with E-state index in [0.717, 1.165) is 25.7 Å². The smallest absolute Gasteiger partial charge is 0.339 e. The molecule has 2 N–H and O–H groups in total. The second-order valence-electron chi connectivity index (χ2n) is 5.36. The lowest BCUT2D eigenvalue weighted by atomic mass is 9.86. The van der Waals surface area contributed by atoms with Gasteiger partial charge in [-0.2, -0.15) is 0 Å². The number of aromatic nitrogens is 1. The summed E-state index contributed by atoms with van der Waals surface area (Å²) >= 11 is 0. The van der Waals surface area contributed by atoms with E-state index in [1.165, 1.54) is 13.2 Å². The molecule has 0 unspecified atom stereocenters. The van der Waals surface area contributed by atoms with E-state index in [9.17, 15) is 14.7 Å². The van der Waals surface area contributed by atoms with Gasteiger partial charge in [-0.05, 0) is 43.9 Å². The lowest BCUT2D eigenvalue weighted by Gasteiger charge is -2.28. The SMILES string of the molecule is C=Cc1ccc(C(=O)O)c(NC2CCC(C(=O)OC)CC2)n1. The van der Waals surface area contributed by atoms with E-state index in [4.69, 9.17) is 4.74 Å². The lowest BCUT2D eigenvalue weighted by Crippen LogP contribution is -2.30. The topological polar surface area (TPSA) is 88.5 Å². The van der Waals surface area contributed by atoms with Crippen LogP contribution in [0.15, 0.2) is 18.7 Å². The molecule has 0 radical (unpaired) electrons. The number of nitrogens with zero attached hydrogens (tertiary/aromatic N) is 1. The molecule has 0 bridgehead atoms. The van der Waals surface area contributed by atoms with Crippen LogP contribution >= 0.6 is 0 Å². The van der Waals surface area contributed by atoms with E-state index in [2.05, 4.69) is 16.9 Å². The van der Waals surface area contributed by atoms with Crippen LogP contribution in [-0.2, 0) is 9.53 Å². The fourth-order valence-corrected chi connectivity index (χ4v) is 2.70. The van der Waals surface area contributed by atoms with Crippen molar-refractivity contribution in [3.8, 4) is 0 Å². The highest BCUT2D eigenvalue weighted by atomic mass is 16.5. The summed E-state index contributed by atoms with van der Waals surface area (Å²) in [5.74, 6) is -0.897. The fraction of sp³-hybridized carbons (Fsp3) is 0.438. The molecule has 118 valence electrons.